The maximum absolute atomic E-state index is 12.3. The lowest BCUT2D eigenvalue weighted by molar-refractivity contribution is 0.0526. The van der Waals surface area contributed by atoms with Crippen LogP contribution in [0.4, 0.5) is 5.82 Å². The molecule has 2 aromatic carbocycles. The molecule has 32 heavy (non-hydrogen) atoms. The Morgan fingerprint density at radius 1 is 1.03 bits per heavy atom. The van der Waals surface area contributed by atoms with Crippen molar-refractivity contribution in [2.24, 2.45) is 0 Å². The lowest BCUT2D eigenvalue weighted by Gasteiger charge is -2.12. The van der Waals surface area contributed by atoms with E-state index < -0.39 is 11.9 Å². The van der Waals surface area contributed by atoms with E-state index in [0.29, 0.717) is 29.3 Å². The fourth-order valence-corrected chi connectivity index (χ4v) is 3.28. The number of ether oxygens (including phenoxy) is 1. The summed E-state index contributed by atoms with van der Waals surface area (Å²) in [4.78, 5) is 32.6. The van der Waals surface area contributed by atoms with Crippen molar-refractivity contribution in [1.82, 2.24) is 9.97 Å². The average molecular weight is 434 g/mol. The van der Waals surface area contributed by atoms with E-state index in [2.05, 4.69) is 22.2 Å². The zero-order chi connectivity index (χ0) is 22.9. The van der Waals surface area contributed by atoms with Crippen LogP contribution in [0, 0.1) is 0 Å². The van der Waals surface area contributed by atoms with Gasteiger partial charge in [0.05, 0.1) is 12.2 Å². The zero-order valence-electron chi connectivity index (χ0n) is 18.3. The third-order valence-electron chi connectivity index (χ3n) is 4.97. The Morgan fingerprint density at radius 2 is 1.78 bits per heavy atom. The molecule has 1 aromatic heterocycles. The van der Waals surface area contributed by atoms with E-state index in [-0.39, 0.29) is 12.2 Å². The van der Waals surface area contributed by atoms with Crippen molar-refractivity contribution in [3.8, 4) is 11.1 Å². The minimum atomic E-state index is -0.958. The summed E-state index contributed by atoms with van der Waals surface area (Å²) < 4.78 is 5.13. The van der Waals surface area contributed by atoms with Gasteiger partial charge in [-0.05, 0) is 36.1 Å². The number of unbranched alkanes of at least 4 members (excludes halogenated alkanes) is 1. The van der Waals surface area contributed by atoms with E-state index in [0.717, 1.165) is 30.4 Å². The summed E-state index contributed by atoms with van der Waals surface area (Å²) in [5.41, 5.74) is 3.02. The van der Waals surface area contributed by atoms with Crippen LogP contribution < -0.4 is 5.32 Å². The predicted molar refractivity (Wildman–Crippen MR) is 123 cm³/mol. The van der Waals surface area contributed by atoms with Gasteiger partial charge in [0, 0.05) is 19.2 Å². The van der Waals surface area contributed by atoms with Gasteiger partial charge in [-0.1, -0.05) is 55.8 Å². The molecule has 2 N–H and O–H groups in total. The molecular weight excluding hydrogens is 406 g/mol. The number of aryl methyl sites for hydroxylation is 1. The number of aromatic nitrogens is 2. The van der Waals surface area contributed by atoms with Crippen molar-refractivity contribution in [3.63, 3.8) is 0 Å². The number of carboxylic acid groups (broad SMARTS) is 1. The lowest BCUT2D eigenvalue weighted by Crippen LogP contribution is -2.13. The summed E-state index contributed by atoms with van der Waals surface area (Å²) in [5.74, 6) is -0.286. The van der Waals surface area contributed by atoms with Gasteiger partial charge in [0.25, 0.3) is 0 Å². The number of nitrogens with one attached hydrogen (secondary N) is 1. The quantitative estimate of drug-likeness (QED) is 0.435. The summed E-state index contributed by atoms with van der Waals surface area (Å²) in [5, 5.41) is 12.6. The monoisotopic (exact) mass is 433 g/mol. The lowest BCUT2D eigenvalue weighted by atomic mass is 9.99. The summed E-state index contributed by atoms with van der Waals surface area (Å²) in [6.07, 6.45) is 4.26. The van der Waals surface area contributed by atoms with Crippen LogP contribution in [0.3, 0.4) is 0 Å². The Labute approximate surface area is 187 Å². The van der Waals surface area contributed by atoms with Crippen LogP contribution in [0.1, 0.15) is 58.8 Å². The zero-order valence-corrected chi connectivity index (χ0v) is 18.3. The SMILES string of the molecule is CCCCc1ncc(C(=O)OCC)c(NCc2ccc(-c3ccccc3C(=O)O)cc2)n1. The first-order chi connectivity index (χ1) is 15.5. The first-order valence-corrected chi connectivity index (χ1v) is 10.7. The van der Waals surface area contributed by atoms with Crippen LogP contribution in [-0.2, 0) is 17.7 Å². The molecule has 0 spiro atoms. The van der Waals surface area contributed by atoms with Crippen LogP contribution in [0.2, 0.25) is 0 Å². The number of benzene rings is 2. The van der Waals surface area contributed by atoms with E-state index in [1.54, 1.807) is 25.1 Å². The largest absolute Gasteiger partial charge is 0.478 e. The van der Waals surface area contributed by atoms with Gasteiger partial charge in [-0.3, -0.25) is 0 Å². The van der Waals surface area contributed by atoms with Crippen molar-refractivity contribution < 1.29 is 19.4 Å². The summed E-state index contributed by atoms with van der Waals surface area (Å²) in [6.45, 7) is 4.57. The normalized spacial score (nSPS) is 10.6. The van der Waals surface area contributed by atoms with Crippen LogP contribution in [0.5, 0.6) is 0 Å². The molecule has 3 rings (SSSR count). The molecule has 1 heterocycles. The molecule has 0 aliphatic carbocycles. The van der Waals surface area contributed by atoms with E-state index >= 15 is 0 Å². The third kappa shape index (κ3) is 5.69. The van der Waals surface area contributed by atoms with Gasteiger partial charge in [-0.15, -0.1) is 0 Å². The second-order valence-corrected chi connectivity index (χ2v) is 7.27. The van der Waals surface area contributed by atoms with Gasteiger partial charge in [-0.2, -0.15) is 0 Å². The standard InChI is InChI=1S/C25H27N3O4/c1-3-5-10-22-26-16-21(25(31)32-4-2)23(28-22)27-15-17-11-13-18(14-12-17)19-8-6-7-9-20(19)24(29)30/h6-9,11-14,16H,3-5,10,15H2,1-2H3,(H,29,30)(H,26,27,28). The van der Waals surface area contributed by atoms with Crippen LogP contribution in [-0.4, -0.2) is 33.6 Å². The number of hydrogen-bond acceptors (Lipinski definition) is 6. The van der Waals surface area contributed by atoms with Crippen molar-refractivity contribution in [1.29, 1.82) is 0 Å². The van der Waals surface area contributed by atoms with Crippen molar-refractivity contribution in [2.45, 2.75) is 39.7 Å². The van der Waals surface area contributed by atoms with E-state index in [1.165, 1.54) is 6.20 Å². The number of carbonyl (C=O) groups is 2. The van der Waals surface area contributed by atoms with Crippen molar-refractivity contribution in [3.05, 3.63) is 77.2 Å². The molecule has 0 aliphatic heterocycles. The fourth-order valence-electron chi connectivity index (χ4n) is 3.28. The first kappa shape index (κ1) is 22.9. The summed E-state index contributed by atoms with van der Waals surface area (Å²) >= 11 is 0. The maximum atomic E-state index is 12.3. The van der Waals surface area contributed by atoms with Gasteiger partial charge in [0.15, 0.2) is 0 Å². The van der Waals surface area contributed by atoms with Crippen LogP contribution in [0.25, 0.3) is 11.1 Å². The van der Waals surface area contributed by atoms with E-state index in [9.17, 15) is 14.7 Å². The number of carbonyl (C=O) groups excluding carboxylic acids is 1. The Morgan fingerprint density at radius 3 is 2.47 bits per heavy atom. The molecule has 0 unspecified atom stereocenters. The molecule has 7 nitrogen and oxygen atoms in total. The highest BCUT2D eigenvalue weighted by Gasteiger charge is 2.16. The molecule has 7 heteroatoms. The highest BCUT2D eigenvalue weighted by Crippen LogP contribution is 2.24. The smallest absolute Gasteiger partial charge is 0.343 e. The molecule has 166 valence electrons. The number of anilines is 1. The molecular formula is C25H27N3O4. The van der Waals surface area contributed by atoms with Gasteiger partial charge < -0.3 is 15.2 Å². The molecule has 0 saturated heterocycles. The third-order valence-corrected chi connectivity index (χ3v) is 4.97. The second-order valence-electron chi connectivity index (χ2n) is 7.27. The number of nitrogens with zero attached hydrogens (tertiary/aromatic N) is 2. The van der Waals surface area contributed by atoms with Crippen LogP contribution >= 0.6 is 0 Å². The van der Waals surface area contributed by atoms with Crippen LogP contribution in [0.15, 0.2) is 54.7 Å². The molecule has 0 atom stereocenters. The molecule has 0 amide bonds. The topological polar surface area (TPSA) is 101 Å². The highest BCUT2D eigenvalue weighted by atomic mass is 16.5. The van der Waals surface area contributed by atoms with Crippen molar-refractivity contribution in [2.75, 3.05) is 11.9 Å². The van der Waals surface area contributed by atoms with Gasteiger partial charge >= 0.3 is 11.9 Å². The molecule has 0 fully saturated rings. The van der Waals surface area contributed by atoms with Gasteiger partial charge in [0.1, 0.15) is 17.2 Å². The summed E-state index contributed by atoms with van der Waals surface area (Å²) in [6, 6.07) is 14.5. The van der Waals surface area contributed by atoms with Gasteiger partial charge in [0.2, 0.25) is 0 Å². The average Bonchev–Trinajstić information content (AvgIpc) is 2.82. The number of aromatic carboxylic acids is 1. The van der Waals surface area contributed by atoms with Crippen molar-refractivity contribution >= 4 is 17.8 Å². The Balaban J connectivity index is 1.78. The summed E-state index contributed by atoms with van der Waals surface area (Å²) in [7, 11) is 0. The number of hydrogen-bond donors (Lipinski definition) is 2. The minimum Gasteiger partial charge on any atom is -0.478 e. The van der Waals surface area contributed by atoms with E-state index in [4.69, 9.17) is 4.74 Å². The molecule has 0 bridgehead atoms. The predicted octanol–water partition coefficient (Wildman–Crippen LogP) is 4.97. The van der Waals surface area contributed by atoms with Gasteiger partial charge in [-0.25, -0.2) is 19.6 Å². The molecule has 0 radical (unpaired) electrons. The Kier molecular flexibility index (Phi) is 7.91. The molecule has 0 aliphatic rings. The Bertz CT molecular complexity index is 1080. The fraction of sp³-hybridized carbons (Fsp3) is 0.280. The highest BCUT2D eigenvalue weighted by molar-refractivity contribution is 5.96. The number of carboxylic acids is 1. The second kappa shape index (κ2) is 11.0. The number of esters is 1. The minimum absolute atomic E-state index is 0.262. The Hall–Kier alpha value is -3.74. The molecule has 3 aromatic rings. The van der Waals surface area contributed by atoms with E-state index in [1.807, 2.05) is 30.3 Å². The maximum Gasteiger partial charge on any atom is 0.343 e. The first-order valence-electron chi connectivity index (χ1n) is 10.7. The molecule has 0 saturated carbocycles. The number of rotatable bonds is 10.